The third kappa shape index (κ3) is 2.42. The third-order valence-corrected chi connectivity index (χ3v) is 2.87. The number of hydrogen-bond donors (Lipinski definition) is 2. The molecule has 3 N–H and O–H groups in total. The minimum atomic E-state index is -0.408. The summed E-state index contributed by atoms with van der Waals surface area (Å²) < 4.78 is 5.56. The molecule has 0 aromatic carbocycles. The molecule has 0 aliphatic carbocycles. The van der Waals surface area contributed by atoms with Crippen molar-refractivity contribution in [2.75, 3.05) is 26.2 Å². The van der Waals surface area contributed by atoms with Gasteiger partial charge in [-0.2, -0.15) is 0 Å². The SMILES string of the molecule is C[C@H](N)C(=O)N1CCOC2CNCC21.Cl. The number of nitrogens with zero attached hydrogens (tertiary/aromatic N) is 1. The summed E-state index contributed by atoms with van der Waals surface area (Å²) in [7, 11) is 0. The van der Waals surface area contributed by atoms with E-state index in [0.717, 1.165) is 13.1 Å². The molecule has 2 heterocycles. The average Bonchev–Trinajstić information content (AvgIpc) is 2.63. The molecule has 0 radical (unpaired) electrons. The molecule has 0 spiro atoms. The number of nitrogens with two attached hydrogens (primary N) is 1. The number of carbonyl (C=O) groups excluding carboxylic acids is 1. The Bertz CT molecular complexity index is 237. The Morgan fingerprint density at radius 1 is 1.60 bits per heavy atom. The fraction of sp³-hybridized carbons (Fsp3) is 0.889. The van der Waals surface area contributed by atoms with Gasteiger partial charge in [0.25, 0.3) is 0 Å². The predicted octanol–water partition coefficient (Wildman–Crippen LogP) is -1.05. The number of fused-ring (bicyclic) bond motifs is 1. The Kier molecular flexibility index (Phi) is 4.33. The van der Waals surface area contributed by atoms with Crippen LogP contribution in [0.5, 0.6) is 0 Å². The van der Waals surface area contributed by atoms with E-state index in [1.54, 1.807) is 6.92 Å². The highest BCUT2D eigenvalue weighted by atomic mass is 35.5. The quantitative estimate of drug-likeness (QED) is 0.609. The van der Waals surface area contributed by atoms with E-state index in [1.807, 2.05) is 4.90 Å². The van der Waals surface area contributed by atoms with Gasteiger partial charge in [-0.15, -0.1) is 12.4 Å². The number of halogens is 1. The van der Waals surface area contributed by atoms with Crippen LogP contribution in [0.3, 0.4) is 0 Å². The van der Waals surface area contributed by atoms with Crippen LogP contribution < -0.4 is 11.1 Å². The van der Waals surface area contributed by atoms with Crippen LogP contribution in [0.1, 0.15) is 6.92 Å². The summed E-state index contributed by atoms with van der Waals surface area (Å²) in [6, 6.07) is -0.225. The Morgan fingerprint density at radius 3 is 3.00 bits per heavy atom. The minimum absolute atomic E-state index is 0. The lowest BCUT2D eigenvalue weighted by molar-refractivity contribution is -0.143. The topological polar surface area (TPSA) is 67.6 Å². The van der Waals surface area contributed by atoms with E-state index < -0.39 is 6.04 Å². The first-order valence-corrected chi connectivity index (χ1v) is 5.08. The van der Waals surface area contributed by atoms with Crippen molar-refractivity contribution in [3.63, 3.8) is 0 Å². The van der Waals surface area contributed by atoms with Gasteiger partial charge in [-0.1, -0.05) is 0 Å². The van der Waals surface area contributed by atoms with E-state index in [9.17, 15) is 4.79 Å². The fourth-order valence-corrected chi connectivity index (χ4v) is 2.13. The van der Waals surface area contributed by atoms with Crippen molar-refractivity contribution in [1.82, 2.24) is 10.2 Å². The molecule has 2 unspecified atom stereocenters. The lowest BCUT2D eigenvalue weighted by Gasteiger charge is -2.37. The van der Waals surface area contributed by atoms with E-state index in [2.05, 4.69) is 5.32 Å². The van der Waals surface area contributed by atoms with E-state index in [0.29, 0.717) is 13.2 Å². The molecule has 3 atom stereocenters. The zero-order chi connectivity index (χ0) is 10.1. The van der Waals surface area contributed by atoms with Crippen molar-refractivity contribution < 1.29 is 9.53 Å². The minimum Gasteiger partial charge on any atom is -0.373 e. The molecular formula is C9H18ClN3O2. The van der Waals surface area contributed by atoms with Crippen molar-refractivity contribution >= 4 is 18.3 Å². The highest BCUT2D eigenvalue weighted by Crippen LogP contribution is 2.17. The molecule has 2 aliphatic rings. The number of nitrogens with one attached hydrogen (secondary N) is 1. The number of rotatable bonds is 1. The summed E-state index contributed by atoms with van der Waals surface area (Å²) in [6.07, 6.45) is 0.159. The van der Waals surface area contributed by atoms with Gasteiger partial charge < -0.3 is 20.7 Å². The van der Waals surface area contributed by atoms with Crippen LogP contribution in [-0.2, 0) is 9.53 Å². The largest absolute Gasteiger partial charge is 0.373 e. The van der Waals surface area contributed by atoms with E-state index >= 15 is 0 Å². The zero-order valence-corrected chi connectivity index (χ0v) is 9.63. The van der Waals surface area contributed by atoms with Crippen LogP contribution in [0.25, 0.3) is 0 Å². The van der Waals surface area contributed by atoms with Gasteiger partial charge in [0.1, 0.15) is 0 Å². The summed E-state index contributed by atoms with van der Waals surface area (Å²) in [4.78, 5) is 13.6. The maximum absolute atomic E-state index is 11.8. The standard InChI is InChI=1S/C9H17N3O2.ClH/c1-6(10)9(13)12-2-3-14-8-5-11-4-7(8)12;/h6-8,11H,2-5,10H2,1H3;1H/t6-,7?,8?;/m0./s1. The highest BCUT2D eigenvalue weighted by molar-refractivity contribution is 5.85. The fourth-order valence-electron chi connectivity index (χ4n) is 2.13. The summed E-state index contributed by atoms with van der Waals surface area (Å²) in [6.45, 7) is 4.69. The van der Waals surface area contributed by atoms with Crippen LogP contribution in [0.4, 0.5) is 0 Å². The molecule has 0 saturated carbocycles. The van der Waals surface area contributed by atoms with Gasteiger partial charge in [-0.25, -0.2) is 0 Å². The monoisotopic (exact) mass is 235 g/mol. The van der Waals surface area contributed by atoms with Crippen LogP contribution in [0.2, 0.25) is 0 Å². The second-order valence-electron chi connectivity index (χ2n) is 3.96. The average molecular weight is 236 g/mol. The molecule has 0 aromatic heterocycles. The first-order valence-electron chi connectivity index (χ1n) is 5.08. The normalized spacial score (nSPS) is 31.7. The number of carbonyl (C=O) groups is 1. The Labute approximate surface area is 95.7 Å². The van der Waals surface area contributed by atoms with Gasteiger partial charge in [-0.3, -0.25) is 4.79 Å². The maximum atomic E-state index is 11.8. The summed E-state index contributed by atoms with van der Waals surface area (Å²) >= 11 is 0. The first kappa shape index (κ1) is 12.7. The maximum Gasteiger partial charge on any atom is 0.239 e. The van der Waals surface area contributed by atoms with Crippen molar-refractivity contribution in [2.45, 2.75) is 25.1 Å². The number of morpholine rings is 1. The predicted molar refractivity (Wildman–Crippen MR) is 59.0 cm³/mol. The van der Waals surface area contributed by atoms with Gasteiger partial charge in [0.15, 0.2) is 0 Å². The Balaban J connectivity index is 0.00000112. The van der Waals surface area contributed by atoms with E-state index in [1.165, 1.54) is 0 Å². The lowest BCUT2D eigenvalue weighted by atomic mass is 10.1. The second kappa shape index (κ2) is 5.12. The second-order valence-corrected chi connectivity index (χ2v) is 3.96. The van der Waals surface area contributed by atoms with Crippen LogP contribution in [0.15, 0.2) is 0 Å². The summed E-state index contributed by atoms with van der Waals surface area (Å²) in [5, 5.41) is 3.23. The zero-order valence-electron chi connectivity index (χ0n) is 8.81. The number of amides is 1. The highest BCUT2D eigenvalue weighted by Gasteiger charge is 2.38. The van der Waals surface area contributed by atoms with Crippen LogP contribution >= 0.6 is 12.4 Å². The molecule has 2 fully saturated rings. The molecule has 2 aliphatic heterocycles. The van der Waals surface area contributed by atoms with Gasteiger partial charge in [-0.05, 0) is 6.92 Å². The molecule has 1 amide bonds. The van der Waals surface area contributed by atoms with Crippen LogP contribution in [-0.4, -0.2) is 55.2 Å². The van der Waals surface area contributed by atoms with Crippen molar-refractivity contribution in [3.05, 3.63) is 0 Å². The number of ether oxygens (including phenoxy) is 1. The van der Waals surface area contributed by atoms with Crippen molar-refractivity contribution in [1.29, 1.82) is 0 Å². The van der Waals surface area contributed by atoms with Gasteiger partial charge in [0, 0.05) is 19.6 Å². The lowest BCUT2D eigenvalue weighted by Crippen LogP contribution is -2.56. The van der Waals surface area contributed by atoms with Crippen molar-refractivity contribution in [2.24, 2.45) is 5.73 Å². The molecule has 2 rings (SSSR count). The number of hydrogen-bond acceptors (Lipinski definition) is 4. The molecule has 88 valence electrons. The first-order chi connectivity index (χ1) is 6.70. The van der Waals surface area contributed by atoms with Gasteiger partial charge >= 0.3 is 0 Å². The van der Waals surface area contributed by atoms with E-state index in [-0.39, 0.29) is 30.5 Å². The third-order valence-electron chi connectivity index (χ3n) is 2.87. The summed E-state index contributed by atoms with van der Waals surface area (Å²) in [5.41, 5.74) is 5.60. The van der Waals surface area contributed by atoms with Gasteiger partial charge in [0.05, 0.1) is 24.8 Å². The molecule has 6 heteroatoms. The molecule has 0 aromatic rings. The summed E-state index contributed by atoms with van der Waals surface area (Å²) in [5.74, 6) is 0.0343. The van der Waals surface area contributed by atoms with E-state index in [4.69, 9.17) is 10.5 Å². The smallest absolute Gasteiger partial charge is 0.239 e. The molecule has 15 heavy (non-hydrogen) atoms. The van der Waals surface area contributed by atoms with Crippen molar-refractivity contribution in [3.8, 4) is 0 Å². The van der Waals surface area contributed by atoms with Crippen LogP contribution in [0, 0.1) is 0 Å². The molecular weight excluding hydrogens is 218 g/mol. The molecule has 5 nitrogen and oxygen atoms in total. The van der Waals surface area contributed by atoms with Gasteiger partial charge in [0.2, 0.25) is 5.91 Å². The Hall–Kier alpha value is -0.360. The Morgan fingerprint density at radius 2 is 2.33 bits per heavy atom. The molecule has 0 bridgehead atoms. The molecule has 2 saturated heterocycles.